The van der Waals surface area contributed by atoms with Gasteiger partial charge in [0, 0.05) is 36.8 Å². The van der Waals surface area contributed by atoms with Gasteiger partial charge in [-0.2, -0.15) is 0 Å². The fourth-order valence-electron chi connectivity index (χ4n) is 4.04. The smallest absolute Gasteiger partial charge is 0.257 e. The van der Waals surface area contributed by atoms with E-state index in [4.69, 9.17) is 4.74 Å². The van der Waals surface area contributed by atoms with E-state index in [1.54, 1.807) is 19.2 Å². The monoisotopic (exact) mass is 483 g/mol. The lowest BCUT2D eigenvalue weighted by Gasteiger charge is -2.20. The summed E-state index contributed by atoms with van der Waals surface area (Å²) >= 11 is 0. The van der Waals surface area contributed by atoms with E-state index in [0.29, 0.717) is 11.3 Å². The van der Waals surface area contributed by atoms with Crippen LogP contribution in [0, 0.1) is 6.92 Å². The van der Waals surface area contributed by atoms with Crippen LogP contribution >= 0.6 is 0 Å². The lowest BCUT2D eigenvalue weighted by molar-refractivity contribution is 0.102. The first-order valence-corrected chi connectivity index (χ1v) is 13.3. The van der Waals surface area contributed by atoms with E-state index in [9.17, 15) is 13.2 Å². The van der Waals surface area contributed by atoms with E-state index in [2.05, 4.69) is 28.6 Å². The molecule has 182 valence electrons. The van der Waals surface area contributed by atoms with Crippen LogP contribution in [0.5, 0.6) is 5.75 Å². The number of anilines is 1. The number of rotatable bonds is 10. The minimum absolute atomic E-state index is 0.211. The standard InChI is InChI=1S/C26H33N3O4S/c1-6-28(7-2)16-17-29-18-23(19(3)25(29)22-10-8-9-11-24(22)33-4)26(30)27-20-12-14-21(15-13-20)34(5,31)32/h8-15,18H,6-7,16-17H2,1-5H3,(H,27,30). The number of sulfone groups is 1. The summed E-state index contributed by atoms with van der Waals surface area (Å²) in [6.07, 6.45) is 3.05. The third-order valence-electron chi connectivity index (χ3n) is 6.03. The fraction of sp³-hybridized carbons (Fsp3) is 0.346. The number of hydrogen-bond acceptors (Lipinski definition) is 5. The molecular formula is C26H33N3O4S. The minimum Gasteiger partial charge on any atom is -0.496 e. The highest BCUT2D eigenvalue weighted by atomic mass is 32.2. The molecule has 0 fully saturated rings. The lowest BCUT2D eigenvalue weighted by Crippen LogP contribution is -2.27. The number of methoxy groups -OCH3 is 1. The van der Waals surface area contributed by atoms with Crippen molar-refractivity contribution in [3.05, 3.63) is 65.9 Å². The highest BCUT2D eigenvalue weighted by Gasteiger charge is 2.21. The van der Waals surface area contributed by atoms with Gasteiger partial charge >= 0.3 is 0 Å². The summed E-state index contributed by atoms with van der Waals surface area (Å²) in [6, 6.07) is 14.0. The maximum Gasteiger partial charge on any atom is 0.257 e. The molecule has 2 aromatic carbocycles. The zero-order chi connectivity index (χ0) is 24.9. The van der Waals surface area contributed by atoms with Crippen LogP contribution in [0.15, 0.2) is 59.6 Å². The molecule has 0 atom stereocenters. The molecule has 0 aliphatic carbocycles. The molecule has 1 heterocycles. The SMILES string of the molecule is CCN(CC)CCn1cc(C(=O)Nc2ccc(S(C)(=O)=O)cc2)c(C)c1-c1ccccc1OC. The molecular weight excluding hydrogens is 450 g/mol. The summed E-state index contributed by atoms with van der Waals surface area (Å²) < 4.78 is 31.1. The Balaban J connectivity index is 1.98. The molecule has 0 unspecified atom stereocenters. The minimum atomic E-state index is -3.30. The zero-order valence-electron chi connectivity index (χ0n) is 20.5. The molecule has 34 heavy (non-hydrogen) atoms. The van der Waals surface area contributed by atoms with Crippen LogP contribution < -0.4 is 10.1 Å². The van der Waals surface area contributed by atoms with Crippen molar-refractivity contribution in [2.45, 2.75) is 32.2 Å². The Kier molecular flexibility index (Phi) is 8.17. The zero-order valence-corrected chi connectivity index (χ0v) is 21.3. The number of benzene rings is 2. The largest absolute Gasteiger partial charge is 0.496 e. The number of likely N-dealkylation sites (N-methyl/N-ethyl adjacent to an activating group) is 1. The first-order chi connectivity index (χ1) is 16.2. The molecule has 0 bridgehead atoms. The number of carbonyl (C=O) groups is 1. The molecule has 7 nitrogen and oxygen atoms in total. The molecule has 3 aromatic rings. The van der Waals surface area contributed by atoms with Gasteiger partial charge in [-0.1, -0.05) is 26.0 Å². The highest BCUT2D eigenvalue weighted by molar-refractivity contribution is 7.90. The van der Waals surface area contributed by atoms with Gasteiger partial charge < -0.3 is 19.5 Å². The molecule has 0 spiro atoms. The van der Waals surface area contributed by atoms with Gasteiger partial charge in [0.1, 0.15) is 5.75 Å². The van der Waals surface area contributed by atoms with Gasteiger partial charge in [0.15, 0.2) is 9.84 Å². The number of amides is 1. The molecule has 3 rings (SSSR count). The van der Waals surface area contributed by atoms with E-state index in [0.717, 1.165) is 55.0 Å². The second-order valence-electron chi connectivity index (χ2n) is 8.19. The van der Waals surface area contributed by atoms with E-state index in [-0.39, 0.29) is 10.8 Å². The molecule has 0 saturated heterocycles. The van der Waals surface area contributed by atoms with Crippen molar-refractivity contribution in [1.82, 2.24) is 9.47 Å². The average Bonchev–Trinajstić information content (AvgIpc) is 3.15. The Bertz CT molecular complexity index is 1240. The molecule has 0 saturated carbocycles. The molecule has 1 N–H and O–H groups in total. The normalized spacial score (nSPS) is 11.6. The Morgan fingerprint density at radius 1 is 1.06 bits per heavy atom. The second-order valence-corrected chi connectivity index (χ2v) is 10.2. The van der Waals surface area contributed by atoms with Gasteiger partial charge in [-0.05, 0) is 62.0 Å². The molecule has 8 heteroatoms. The number of nitrogens with zero attached hydrogens (tertiary/aromatic N) is 2. The van der Waals surface area contributed by atoms with Crippen LogP contribution in [0.3, 0.4) is 0 Å². The Hall–Kier alpha value is -3.10. The van der Waals surface area contributed by atoms with Gasteiger partial charge in [-0.3, -0.25) is 4.79 Å². The van der Waals surface area contributed by atoms with Gasteiger partial charge in [-0.15, -0.1) is 0 Å². The third kappa shape index (κ3) is 5.69. The Labute approximate surface area is 202 Å². The van der Waals surface area contributed by atoms with Crippen LogP contribution in [0.2, 0.25) is 0 Å². The van der Waals surface area contributed by atoms with E-state index < -0.39 is 9.84 Å². The second kappa shape index (κ2) is 10.9. The van der Waals surface area contributed by atoms with Crippen molar-refractivity contribution in [1.29, 1.82) is 0 Å². The lowest BCUT2D eigenvalue weighted by atomic mass is 10.0. The summed E-state index contributed by atoms with van der Waals surface area (Å²) in [4.78, 5) is 15.8. The molecule has 0 aliphatic rings. The molecule has 0 radical (unpaired) electrons. The quantitative estimate of drug-likeness (QED) is 0.460. The fourth-order valence-corrected chi connectivity index (χ4v) is 4.67. The van der Waals surface area contributed by atoms with E-state index in [1.807, 2.05) is 37.4 Å². The third-order valence-corrected chi connectivity index (χ3v) is 7.16. The van der Waals surface area contributed by atoms with Crippen LogP contribution in [0.25, 0.3) is 11.3 Å². The molecule has 0 aliphatic heterocycles. The molecule has 1 amide bonds. The average molecular weight is 484 g/mol. The van der Waals surface area contributed by atoms with Crippen LogP contribution in [0.1, 0.15) is 29.8 Å². The van der Waals surface area contributed by atoms with Crippen molar-refractivity contribution >= 4 is 21.4 Å². The van der Waals surface area contributed by atoms with Crippen LogP contribution in [0.4, 0.5) is 5.69 Å². The summed E-state index contributed by atoms with van der Waals surface area (Å²) in [6.45, 7) is 9.72. The predicted octanol–water partition coefficient (Wildman–Crippen LogP) is 4.47. The summed E-state index contributed by atoms with van der Waals surface area (Å²) in [5.74, 6) is 0.499. The summed E-state index contributed by atoms with van der Waals surface area (Å²) in [5.41, 5.74) is 3.83. The van der Waals surface area contributed by atoms with Crippen molar-refractivity contribution < 1.29 is 17.9 Å². The van der Waals surface area contributed by atoms with E-state index in [1.165, 1.54) is 12.1 Å². The first kappa shape index (κ1) is 25.5. The van der Waals surface area contributed by atoms with Gasteiger partial charge in [0.25, 0.3) is 5.91 Å². The van der Waals surface area contributed by atoms with Gasteiger partial charge in [0.2, 0.25) is 0 Å². The highest BCUT2D eigenvalue weighted by Crippen LogP contribution is 2.35. The number of para-hydroxylation sites is 1. The van der Waals surface area contributed by atoms with Crippen LogP contribution in [-0.2, 0) is 16.4 Å². The Morgan fingerprint density at radius 2 is 1.71 bits per heavy atom. The number of carbonyl (C=O) groups excluding carboxylic acids is 1. The molecule has 1 aromatic heterocycles. The maximum atomic E-state index is 13.2. The van der Waals surface area contributed by atoms with Crippen LogP contribution in [-0.4, -0.2) is 56.8 Å². The first-order valence-electron chi connectivity index (χ1n) is 11.4. The van der Waals surface area contributed by atoms with Crippen molar-refractivity contribution in [3.63, 3.8) is 0 Å². The topological polar surface area (TPSA) is 80.6 Å². The number of aromatic nitrogens is 1. The van der Waals surface area contributed by atoms with Gasteiger partial charge in [0.05, 0.1) is 23.3 Å². The van der Waals surface area contributed by atoms with Crippen molar-refractivity contribution in [2.75, 3.05) is 38.3 Å². The van der Waals surface area contributed by atoms with Gasteiger partial charge in [-0.25, -0.2) is 8.42 Å². The number of ether oxygens (including phenoxy) is 1. The summed E-state index contributed by atoms with van der Waals surface area (Å²) in [7, 11) is -1.65. The Morgan fingerprint density at radius 3 is 2.29 bits per heavy atom. The predicted molar refractivity (Wildman–Crippen MR) is 136 cm³/mol. The maximum absolute atomic E-state index is 13.2. The summed E-state index contributed by atoms with van der Waals surface area (Å²) in [5, 5.41) is 2.90. The number of nitrogens with one attached hydrogen (secondary N) is 1. The van der Waals surface area contributed by atoms with Crippen molar-refractivity contribution in [2.24, 2.45) is 0 Å². The van der Waals surface area contributed by atoms with Crippen molar-refractivity contribution in [3.8, 4) is 17.0 Å². The van der Waals surface area contributed by atoms with E-state index >= 15 is 0 Å². The number of hydrogen-bond donors (Lipinski definition) is 1.